The average Bonchev–Trinajstić information content (AvgIpc) is 2.98. The van der Waals surface area contributed by atoms with Gasteiger partial charge >= 0.3 is 5.97 Å². The van der Waals surface area contributed by atoms with Gasteiger partial charge in [-0.1, -0.05) is 18.6 Å². The summed E-state index contributed by atoms with van der Waals surface area (Å²) >= 11 is 0. The van der Waals surface area contributed by atoms with Crippen molar-refractivity contribution < 1.29 is 14.8 Å². The standard InChI is InChI=1S/C15H18N2O4/c18-15(19)14-12(5-2-6-13(14)17(20)21)9-16-7-10-3-1-4-11(10)8-16/h2,5-6,10-11H,1,3-4,7-9H2,(H,18,19). The summed E-state index contributed by atoms with van der Waals surface area (Å²) in [4.78, 5) is 24.0. The highest BCUT2D eigenvalue weighted by Crippen LogP contribution is 2.38. The predicted octanol–water partition coefficient (Wildman–Crippen LogP) is 2.52. The van der Waals surface area contributed by atoms with E-state index < -0.39 is 10.9 Å². The zero-order chi connectivity index (χ0) is 15.0. The summed E-state index contributed by atoms with van der Waals surface area (Å²) in [5, 5.41) is 20.3. The van der Waals surface area contributed by atoms with Gasteiger partial charge < -0.3 is 5.11 Å². The normalized spacial score (nSPS) is 25.0. The van der Waals surface area contributed by atoms with Crippen LogP contribution in [0.1, 0.15) is 35.2 Å². The first-order valence-corrected chi connectivity index (χ1v) is 7.28. The summed E-state index contributed by atoms with van der Waals surface area (Å²) in [6.45, 7) is 2.44. The third-order valence-corrected chi connectivity index (χ3v) is 4.74. The maximum atomic E-state index is 11.4. The molecule has 6 heteroatoms. The molecule has 6 nitrogen and oxygen atoms in total. The van der Waals surface area contributed by atoms with E-state index in [0.717, 1.165) is 24.9 Å². The number of hydrogen-bond donors (Lipinski definition) is 1. The van der Waals surface area contributed by atoms with E-state index in [-0.39, 0.29) is 11.3 Å². The maximum Gasteiger partial charge on any atom is 0.343 e. The van der Waals surface area contributed by atoms with Crippen LogP contribution < -0.4 is 0 Å². The molecule has 1 aromatic carbocycles. The molecule has 0 bridgehead atoms. The number of fused-ring (bicyclic) bond motifs is 1. The van der Waals surface area contributed by atoms with E-state index in [2.05, 4.69) is 4.90 Å². The van der Waals surface area contributed by atoms with Crippen molar-refractivity contribution in [3.63, 3.8) is 0 Å². The molecule has 1 aliphatic heterocycles. The van der Waals surface area contributed by atoms with Crippen LogP contribution in [-0.4, -0.2) is 34.0 Å². The Balaban J connectivity index is 1.84. The molecule has 1 N–H and O–H groups in total. The molecular formula is C15H18N2O4. The second kappa shape index (κ2) is 5.44. The summed E-state index contributed by atoms with van der Waals surface area (Å²) in [5.41, 5.74) is 0.0515. The van der Waals surface area contributed by atoms with Crippen molar-refractivity contribution in [1.29, 1.82) is 0 Å². The Hall–Kier alpha value is -1.95. The van der Waals surface area contributed by atoms with Gasteiger partial charge in [0, 0.05) is 25.7 Å². The number of likely N-dealkylation sites (tertiary alicyclic amines) is 1. The minimum absolute atomic E-state index is 0.167. The highest BCUT2D eigenvalue weighted by molar-refractivity contribution is 5.94. The fourth-order valence-electron chi connectivity index (χ4n) is 3.82. The summed E-state index contributed by atoms with van der Waals surface area (Å²) in [5.74, 6) is 0.214. The van der Waals surface area contributed by atoms with Crippen LogP contribution in [0.15, 0.2) is 18.2 Å². The SMILES string of the molecule is O=C(O)c1c(CN2CC3CCCC3C2)cccc1[N+](=O)[O-]. The first-order valence-electron chi connectivity index (χ1n) is 7.28. The second-order valence-corrected chi connectivity index (χ2v) is 6.02. The number of nitro benzene ring substituents is 1. The van der Waals surface area contributed by atoms with Gasteiger partial charge in [0.05, 0.1) is 4.92 Å². The van der Waals surface area contributed by atoms with Crippen molar-refractivity contribution >= 4 is 11.7 Å². The third kappa shape index (κ3) is 2.63. The number of nitrogens with zero attached hydrogens (tertiary/aromatic N) is 2. The molecule has 0 aromatic heterocycles. The Kier molecular flexibility index (Phi) is 3.63. The topological polar surface area (TPSA) is 83.7 Å². The van der Waals surface area contributed by atoms with Crippen LogP contribution in [0.4, 0.5) is 5.69 Å². The largest absolute Gasteiger partial charge is 0.477 e. The van der Waals surface area contributed by atoms with E-state index in [1.807, 2.05) is 0 Å². The first kappa shape index (κ1) is 14.0. The minimum atomic E-state index is -1.23. The van der Waals surface area contributed by atoms with Crippen LogP contribution >= 0.6 is 0 Å². The zero-order valence-electron chi connectivity index (χ0n) is 11.7. The summed E-state index contributed by atoms with van der Waals surface area (Å²) in [6.07, 6.45) is 3.80. The van der Waals surface area contributed by atoms with Gasteiger partial charge in [-0.05, 0) is 30.2 Å². The van der Waals surface area contributed by atoms with E-state index in [1.54, 1.807) is 12.1 Å². The van der Waals surface area contributed by atoms with Gasteiger partial charge in [0.15, 0.2) is 0 Å². The quantitative estimate of drug-likeness (QED) is 0.680. The lowest BCUT2D eigenvalue weighted by Gasteiger charge is -2.18. The van der Waals surface area contributed by atoms with Gasteiger partial charge in [-0.25, -0.2) is 4.79 Å². The molecular weight excluding hydrogens is 272 g/mol. The number of rotatable bonds is 4. The number of nitro groups is 1. The first-order chi connectivity index (χ1) is 10.1. The fourth-order valence-corrected chi connectivity index (χ4v) is 3.82. The predicted molar refractivity (Wildman–Crippen MR) is 76.2 cm³/mol. The van der Waals surface area contributed by atoms with E-state index in [4.69, 9.17) is 0 Å². The Labute approximate surface area is 122 Å². The molecule has 0 radical (unpaired) electrons. The van der Waals surface area contributed by atoms with E-state index >= 15 is 0 Å². The molecule has 21 heavy (non-hydrogen) atoms. The van der Waals surface area contributed by atoms with Crippen LogP contribution in [0.2, 0.25) is 0 Å². The summed E-state index contributed by atoms with van der Waals surface area (Å²) in [7, 11) is 0. The average molecular weight is 290 g/mol. The van der Waals surface area contributed by atoms with Crippen molar-refractivity contribution in [2.24, 2.45) is 11.8 Å². The van der Waals surface area contributed by atoms with Crippen molar-refractivity contribution in [2.75, 3.05) is 13.1 Å². The molecule has 2 unspecified atom stereocenters. The third-order valence-electron chi connectivity index (χ3n) is 4.74. The Morgan fingerprint density at radius 3 is 2.57 bits per heavy atom. The number of hydrogen-bond acceptors (Lipinski definition) is 4. The van der Waals surface area contributed by atoms with E-state index in [9.17, 15) is 20.0 Å². The highest BCUT2D eigenvalue weighted by atomic mass is 16.6. The smallest absolute Gasteiger partial charge is 0.343 e. The number of aromatic carboxylic acids is 1. The molecule has 2 atom stereocenters. The van der Waals surface area contributed by atoms with Gasteiger partial charge in [0.2, 0.25) is 0 Å². The van der Waals surface area contributed by atoms with Gasteiger partial charge in [0.25, 0.3) is 5.69 Å². The lowest BCUT2D eigenvalue weighted by atomic mass is 10.0. The maximum absolute atomic E-state index is 11.4. The summed E-state index contributed by atoms with van der Waals surface area (Å²) in [6, 6.07) is 4.51. The van der Waals surface area contributed by atoms with Gasteiger partial charge in [-0.15, -0.1) is 0 Å². The molecule has 2 fully saturated rings. The number of benzene rings is 1. The Bertz CT molecular complexity index is 575. The van der Waals surface area contributed by atoms with Gasteiger partial charge in [-0.3, -0.25) is 15.0 Å². The Morgan fingerprint density at radius 1 is 1.33 bits per heavy atom. The number of carbonyl (C=O) groups is 1. The fraction of sp³-hybridized carbons (Fsp3) is 0.533. The molecule has 2 aliphatic rings. The van der Waals surface area contributed by atoms with Crippen LogP contribution in [0.3, 0.4) is 0 Å². The number of carboxylic acid groups (broad SMARTS) is 1. The molecule has 1 aromatic rings. The molecule has 1 saturated heterocycles. The van der Waals surface area contributed by atoms with Crippen molar-refractivity contribution in [3.05, 3.63) is 39.4 Å². The van der Waals surface area contributed by atoms with Crippen molar-refractivity contribution in [3.8, 4) is 0 Å². The molecule has 1 heterocycles. The minimum Gasteiger partial charge on any atom is -0.477 e. The summed E-state index contributed by atoms with van der Waals surface area (Å²) < 4.78 is 0. The molecule has 3 rings (SSSR count). The lowest BCUT2D eigenvalue weighted by Crippen LogP contribution is -2.23. The molecule has 1 saturated carbocycles. The molecule has 112 valence electrons. The molecule has 1 aliphatic carbocycles. The van der Waals surface area contributed by atoms with E-state index in [0.29, 0.717) is 12.1 Å². The van der Waals surface area contributed by atoms with Crippen molar-refractivity contribution in [1.82, 2.24) is 4.90 Å². The monoisotopic (exact) mass is 290 g/mol. The zero-order valence-corrected chi connectivity index (χ0v) is 11.7. The molecule has 0 spiro atoms. The van der Waals surface area contributed by atoms with Gasteiger partial charge in [0.1, 0.15) is 5.56 Å². The van der Waals surface area contributed by atoms with Crippen LogP contribution in [0, 0.1) is 22.0 Å². The highest BCUT2D eigenvalue weighted by Gasteiger charge is 2.36. The van der Waals surface area contributed by atoms with Crippen LogP contribution in [0.5, 0.6) is 0 Å². The number of carboxylic acids is 1. The van der Waals surface area contributed by atoms with Crippen LogP contribution in [-0.2, 0) is 6.54 Å². The van der Waals surface area contributed by atoms with Gasteiger partial charge in [-0.2, -0.15) is 0 Å². The lowest BCUT2D eigenvalue weighted by molar-refractivity contribution is -0.385. The van der Waals surface area contributed by atoms with Crippen molar-refractivity contribution in [2.45, 2.75) is 25.8 Å². The van der Waals surface area contributed by atoms with E-state index in [1.165, 1.54) is 25.3 Å². The van der Waals surface area contributed by atoms with Crippen LogP contribution in [0.25, 0.3) is 0 Å². The molecule has 0 amide bonds. The Morgan fingerprint density at radius 2 is 2.00 bits per heavy atom. The second-order valence-electron chi connectivity index (χ2n) is 6.02.